The molecule has 0 aromatic heterocycles. The molecule has 0 aliphatic carbocycles. The molecule has 0 heterocycles. The second kappa shape index (κ2) is 10.2. The van der Waals surface area contributed by atoms with Crippen LogP contribution in [-0.2, 0) is 11.2 Å². The van der Waals surface area contributed by atoms with Crippen LogP contribution < -0.4 is 0 Å². The maximum Gasteiger partial charge on any atom is 0.200 e. The third-order valence-electron chi connectivity index (χ3n) is 3.79. The molecular formula is C18H21F5O. The summed E-state index contributed by atoms with van der Waals surface area (Å²) in [5.41, 5.74) is -1.05. The Morgan fingerprint density at radius 2 is 1.21 bits per heavy atom. The van der Waals surface area contributed by atoms with E-state index in [-0.39, 0.29) is 6.42 Å². The summed E-state index contributed by atoms with van der Waals surface area (Å²) in [6.07, 6.45) is 7.54. The minimum Gasteiger partial charge on any atom is -0.299 e. The van der Waals surface area contributed by atoms with Crippen molar-refractivity contribution in [2.24, 2.45) is 0 Å². The number of carbonyl (C=O) groups excluding carboxylic acids is 1. The highest BCUT2D eigenvalue weighted by atomic mass is 19.2. The lowest BCUT2D eigenvalue weighted by molar-refractivity contribution is -0.118. The lowest BCUT2D eigenvalue weighted by atomic mass is 10.0. The van der Waals surface area contributed by atoms with Crippen LogP contribution in [0, 0.1) is 29.1 Å². The highest BCUT2D eigenvalue weighted by Crippen LogP contribution is 2.24. The van der Waals surface area contributed by atoms with E-state index in [0.717, 1.165) is 38.5 Å². The van der Waals surface area contributed by atoms with E-state index in [4.69, 9.17) is 0 Å². The minimum absolute atomic E-state index is 0.0617. The first kappa shape index (κ1) is 20.3. The van der Waals surface area contributed by atoms with Gasteiger partial charge in [0.05, 0.1) is 0 Å². The molecule has 0 N–H and O–H groups in total. The van der Waals surface area contributed by atoms with Crippen LogP contribution in [0.3, 0.4) is 0 Å². The summed E-state index contributed by atoms with van der Waals surface area (Å²) in [7, 11) is 0. The van der Waals surface area contributed by atoms with Crippen LogP contribution in [-0.4, -0.2) is 5.78 Å². The first-order valence-electron chi connectivity index (χ1n) is 8.03. The number of carbonyl (C=O) groups is 1. The summed E-state index contributed by atoms with van der Waals surface area (Å²) in [4.78, 5) is 11.7. The smallest absolute Gasteiger partial charge is 0.200 e. The molecule has 0 atom stereocenters. The van der Waals surface area contributed by atoms with Crippen LogP contribution in [0.2, 0.25) is 0 Å². The Balaban J connectivity index is 2.42. The number of hydrogen-bond acceptors (Lipinski definition) is 1. The van der Waals surface area contributed by atoms with Gasteiger partial charge in [-0.15, -0.1) is 6.58 Å². The Hall–Kier alpha value is -1.72. The standard InChI is InChI=1S/C18H21F5O/c1-2-3-4-5-6-7-8-9-10-12(24)11-13-14(19)16(21)18(23)17(22)15(13)20/h2H,1,3-11H2. The quantitative estimate of drug-likeness (QED) is 0.162. The molecule has 0 radical (unpaired) electrons. The lowest BCUT2D eigenvalue weighted by Gasteiger charge is -2.07. The number of rotatable bonds is 11. The molecular weight excluding hydrogens is 327 g/mol. The lowest BCUT2D eigenvalue weighted by Crippen LogP contribution is -2.12. The molecule has 6 heteroatoms. The van der Waals surface area contributed by atoms with E-state index < -0.39 is 46.9 Å². The van der Waals surface area contributed by atoms with Gasteiger partial charge in [-0.2, -0.15) is 0 Å². The second-order valence-corrected chi connectivity index (χ2v) is 5.71. The van der Waals surface area contributed by atoms with Gasteiger partial charge in [0, 0.05) is 18.4 Å². The van der Waals surface area contributed by atoms with Crippen LogP contribution in [0.4, 0.5) is 22.0 Å². The van der Waals surface area contributed by atoms with Gasteiger partial charge in [-0.05, 0) is 19.3 Å². The number of hydrogen-bond donors (Lipinski definition) is 0. The van der Waals surface area contributed by atoms with Gasteiger partial charge < -0.3 is 0 Å². The summed E-state index contributed by atoms with van der Waals surface area (Å²) in [6.45, 7) is 3.63. The predicted octanol–water partition coefficient (Wildman–Crippen LogP) is 5.80. The van der Waals surface area contributed by atoms with Gasteiger partial charge in [0.1, 0.15) is 5.78 Å². The van der Waals surface area contributed by atoms with Crippen LogP contribution in [0.1, 0.15) is 56.9 Å². The van der Waals surface area contributed by atoms with E-state index in [0.29, 0.717) is 6.42 Å². The molecule has 0 aliphatic rings. The minimum atomic E-state index is -2.21. The fraction of sp³-hybridized carbons (Fsp3) is 0.500. The van der Waals surface area contributed by atoms with E-state index in [9.17, 15) is 26.7 Å². The monoisotopic (exact) mass is 348 g/mol. The van der Waals surface area contributed by atoms with Gasteiger partial charge in [0.15, 0.2) is 23.3 Å². The van der Waals surface area contributed by atoms with Gasteiger partial charge in [-0.3, -0.25) is 4.79 Å². The van der Waals surface area contributed by atoms with E-state index in [1.807, 2.05) is 6.08 Å². The first-order valence-corrected chi connectivity index (χ1v) is 8.03. The van der Waals surface area contributed by atoms with Gasteiger partial charge in [-0.1, -0.05) is 31.8 Å². The molecule has 0 spiro atoms. The van der Waals surface area contributed by atoms with Crippen LogP contribution in [0.15, 0.2) is 12.7 Å². The number of Topliss-reactive ketones (excluding diaryl/α,β-unsaturated/α-hetero) is 1. The highest BCUT2D eigenvalue weighted by Gasteiger charge is 2.26. The van der Waals surface area contributed by atoms with Crippen molar-refractivity contribution in [1.82, 2.24) is 0 Å². The van der Waals surface area contributed by atoms with Gasteiger partial charge in [0.25, 0.3) is 0 Å². The Labute approximate surface area is 138 Å². The third kappa shape index (κ3) is 5.73. The topological polar surface area (TPSA) is 17.1 Å². The summed E-state index contributed by atoms with van der Waals surface area (Å²) in [6, 6.07) is 0. The van der Waals surface area contributed by atoms with Crippen molar-refractivity contribution in [2.45, 2.75) is 57.8 Å². The van der Waals surface area contributed by atoms with Crippen molar-refractivity contribution in [1.29, 1.82) is 0 Å². The van der Waals surface area contributed by atoms with E-state index in [2.05, 4.69) is 6.58 Å². The van der Waals surface area contributed by atoms with Crippen molar-refractivity contribution in [3.63, 3.8) is 0 Å². The zero-order valence-corrected chi connectivity index (χ0v) is 13.4. The van der Waals surface area contributed by atoms with E-state index in [1.54, 1.807) is 0 Å². The average Bonchev–Trinajstić information content (AvgIpc) is 2.57. The number of allylic oxidation sites excluding steroid dienone is 1. The molecule has 0 amide bonds. The van der Waals surface area contributed by atoms with Crippen LogP contribution in [0.5, 0.6) is 0 Å². The van der Waals surface area contributed by atoms with Crippen molar-refractivity contribution < 1.29 is 26.7 Å². The molecule has 1 aromatic rings. The third-order valence-corrected chi connectivity index (χ3v) is 3.79. The zero-order valence-electron chi connectivity index (χ0n) is 13.4. The molecule has 0 saturated carbocycles. The Kier molecular flexibility index (Phi) is 8.65. The average molecular weight is 348 g/mol. The summed E-state index contributed by atoms with van der Waals surface area (Å²) < 4.78 is 66.0. The largest absolute Gasteiger partial charge is 0.299 e. The molecule has 0 unspecified atom stereocenters. The first-order chi connectivity index (χ1) is 11.4. The normalized spacial score (nSPS) is 10.9. The molecule has 1 nitrogen and oxygen atoms in total. The summed E-state index contributed by atoms with van der Waals surface area (Å²) in [5, 5.41) is 0. The van der Waals surface area contributed by atoms with Crippen molar-refractivity contribution in [3.05, 3.63) is 47.3 Å². The van der Waals surface area contributed by atoms with Crippen molar-refractivity contribution >= 4 is 5.78 Å². The molecule has 0 saturated heterocycles. The molecule has 1 rings (SSSR count). The number of ketones is 1. The highest BCUT2D eigenvalue weighted by molar-refractivity contribution is 5.80. The Bertz CT molecular complexity index is 554. The van der Waals surface area contributed by atoms with Crippen molar-refractivity contribution in [2.75, 3.05) is 0 Å². The van der Waals surface area contributed by atoms with Crippen LogP contribution in [0.25, 0.3) is 0 Å². The van der Waals surface area contributed by atoms with Gasteiger partial charge >= 0.3 is 0 Å². The molecule has 24 heavy (non-hydrogen) atoms. The molecule has 134 valence electrons. The number of benzene rings is 1. The number of unbranched alkanes of at least 4 members (excludes halogenated alkanes) is 6. The zero-order chi connectivity index (χ0) is 18.1. The van der Waals surface area contributed by atoms with Gasteiger partial charge in [0.2, 0.25) is 5.82 Å². The SMILES string of the molecule is C=CCCCCCCCCC(=O)Cc1c(F)c(F)c(F)c(F)c1F. The van der Waals surface area contributed by atoms with Gasteiger partial charge in [-0.25, -0.2) is 22.0 Å². The van der Waals surface area contributed by atoms with E-state index >= 15 is 0 Å². The fourth-order valence-corrected chi connectivity index (χ4v) is 2.41. The summed E-state index contributed by atoms with van der Waals surface area (Å²) >= 11 is 0. The number of halogens is 5. The predicted molar refractivity (Wildman–Crippen MR) is 82.1 cm³/mol. The Morgan fingerprint density at radius 1 is 0.750 bits per heavy atom. The maximum atomic E-state index is 13.5. The van der Waals surface area contributed by atoms with Crippen molar-refractivity contribution in [3.8, 4) is 0 Å². The maximum absolute atomic E-state index is 13.5. The Morgan fingerprint density at radius 3 is 1.75 bits per heavy atom. The molecule has 0 fully saturated rings. The second-order valence-electron chi connectivity index (χ2n) is 5.71. The molecule has 0 bridgehead atoms. The molecule has 1 aromatic carbocycles. The summed E-state index contributed by atoms with van der Waals surface area (Å²) in [5.74, 6) is -10.6. The fourth-order valence-electron chi connectivity index (χ4n) is 2.41. The molecule has 0 aliphatic heterocycles. The van der Waals surface area contributed by atoms with E-state index in [1.165, 1.54) is 0 Å². The van der Waals surface area contributed by atoms with Crippen LogP contribution >= 0.6 is 0 Å².